The van der Waals surface area contributed by atoms with Crippen molar-refractivity contribution in [1.82, 2.24) is 4.90 Å². The van der Waals surface area contributed by atoms with E-state index in [4.69, 9.17) is 0 Å². The number of rotatable bonds is 8. The van der Waals surface area contributed by atoms with Crippen LogP contribution in [-0.4, -0.2) is 37.0 Å². The smallest absolute Gasteiger partial charge is 0.227 e. The van der Waals surface area contributed by atoms with E-state index >= 15 is 0 Å². The molecule has 1 N–H and O–H groups in total. The predicted molar refractivity (Wildman–Crippen MR) is 147 cm³/mol. The Hall–Kier alpha value is -3.76. The summed E-state index contributed by atoms with van der Waals surface area (Å²) in [5.74, 6) is -0.649. The van der Waals surface area contributed by atoms with Crippen LogP contribution in [0.1, 0.15) is 55.0 Å². The maximum absolute atomic E-state index is 13.9. The number of hydrogen-bond donors (Lipinski definition) is 1. The summed E-state index contributed by atoms with van der Waals surface area (Å²) in [4.78, 5) is 17.0. The van der Waals surface area contributed by atoms with Crippen LogP contribution in [0.25, 0.3) is 0 Å². The molecule has 198 valence electrons. The number of aryl methyl sites for hydroxylation is 1. The lowest BCUT2D eigenvalue weighted by molar-refractivity contribution is -0.120. The Kier molecular flexibility index (Phi) is 8.75. The molecule has 0 aromatic heterocycles. The molecule has 1 heterocycles. The zero-order chi connectivity index (χ0) is 27.2. The number of carbonyl (C=O) groups excluding carboxylic acids is 1. The zero-order valence-electron chi connectivity index (χ0n) is 22.2. The Morgan fingerprint density at radius 2 is 1.61 bits per heavy atom. The number of hydrogen-bond acceptors (Lipinski definition) is 4. The highest BCUT2D eigenvalue weighted by atomic mass is 19.1. The Balaban J connectivity index is 1.53. The van der Waals surface area contributed by atoms with Crippen LogP contribution in [0.2, 0.25) is 0 Å². The van der Waals surface area contributed by atoms with Crippen LogP contribution in [0.4, 0.5) is 20.2 Å². The number of nitriles is 1. The van der Waals surface area contributed by atoms with Crippen molar-refractivity contribution in [2.75, 3.05) is 36.4 Å². The lowest BCUT2D eigenvalue weighted by atomic mass is 9.93. The van der Waals surface area contributed by atoms with Crippen LogP contribution in [-0.2, 0) is 4.79 Å². The fourth-order valence-electron chi connectivity index (χ4n) is 5.28. The molecule has 0 aliphatic carbocycles. The summed E-state index contributed by atoms with van der Waals surface area (Å²) in [6, 6.07) is 19.0. The summed E-state index contributed by atoms with van der Waals surface area (Å²) in [6.45, 7) is 8.67. The van der Waals surface area contributed by atoms with Gasteiger partial charge in [0.1, 0.15) is 17.7 Å². The third kappa shape index (κ3) is 6.03. The van der Waals surface area contributed by atoms with Crippen molar-refractivity contribution in [2.45, 2.75) is 39.7 Å². The molecule has 1 fully saturated rings. The van der Waals surface area contributed by atoms with E-state index in [1.807, 2.05) is 39.0 Å². The highest BCUT2D eigenvalue weighted by Gasteiger charge is 2.28. The summed E-state index contributed by atoms with van der Waals surface area (Å²) >= 11 is 0. The molecule has 3 aromatic carbocycles. The van der Waals surface area contributed by atoms with Crippen molar-refractivity contribution in [3.05, 3.63) is 94.6 Å². The SMILES string of the molecule is CCC(CC)C(=O)Nc1ccc(N2CCN(C(c3ccc(F)cc3)c3ccc(F)cc3C)CC2)c(C#N)c1. The van der Waals surface area contributed by atoms with E-state index in [0.717, 1.165) is 35.2 Å². The quantitative estimate of drug-likeness (QED) is 0.375. The average Bonchev–Trinajstić information content (AvgIpc) is 2.92. The van der Waals surface area contributed by atoms with Crippen molar-refractivity contribution in [2.24, 2.45) is 5.92 Å². The number of halogens is 2. The Bertz CT molecular complexity index is 1310. The van der Waals surface area contributed by atoms with Gasteiger partial charge in [0.05, 0.1) is 17.3 Å². The van der Waals surface area contributed by atoms with Gasteiger partial charge in [0.15, 0.2) is 0 Å². The molecule has 0 radical (unpaired) electrons. The average molecular weight is 517 g/mol. The van der Waals surface area contributed by atoms with Gasteiger partial charge in [-0.1, -0.05) is 32.0 Å². The van der Waals surface area contributed by atoms with E-state index in [0.29, 0.717) is 37.4 Å². The standard InChI is InChI=1S/C31H34F2N4O/c1-4-22(5-2)31(38)35-27-11-13-29(24(19-27)20-34)36-14-16-37(17-15-36)30(23-6-8-25(32)9-7-23)28-12-10-26(33)18-21(28)3/h6-13,18-19,22,30H,4-5,14-17H2,1-3H3,(H,35,38). The van der Waals surface area contributed by atoms with Crippen molar-refractivity contribution < 1.29 is 13.6 Å². The van der Waals surface area contributed by atoms with Crippen LogP contribution in [0.5, 0.6) is 0 Å². The summed E-state index contributed by atoms with van der Waals surface area (Å²) in [7, 11) is 0. The molecular formula is C31H34F2N4O. The number of anilines is 2. The van der Waals surface area contributed by atoms with Crippen molar-refractivity contribution >= 4 is 17.3 Å². The molecule has 1 amide bonds. The number of carbonyl (C=O) groups is 1. The van der Waals surface area contributed by atoms with Gasteiger partial charge in [0, 0.05) is 37.8 Å². The third-order valence-corrected chi connectivity index (χ3v) is 7.47. The van der Waals surface area contributed by atoms with E-state index in [-0.39, 0.29) is 29.5 Å². The van der Waals surface area contributed by atoms with Crippen molar-refractivity contribution in [1.29, 1.82) is 5.26 Å². The zero-order valence-corrected chi connectivity index (χ0v) is 22.2. The Labute approximate surface area is 223 Å². The highest BCUT2D eigenvalue weighted by molar-refractivity contribution is 5.93. The van der Waals surface area contributed by atoms with Gasteiger partial charge < -0.3 is 10.2 Å². The molecular weight excluding hydrogens is 482 g/mol. The van der Waals surface area contributed by atoms with Crippen LogP contribution in [0, 0.1) is 35.8 Å². The molecule has 0 saturated carbocycles. The minimum atomic E-state index is -0.295. The fraction of sp³-hybridized carbons (Fsp3) is 0.355. The Morgan fingerprint density at radius 3 is 2.21 bits per heavy atom. The molecule has 3 aromatic rings. The Morgan fingerprint density at radius 1 is 0.947 bits per heavy atom. The van der Waals surface area contributed by atoms with Gasteiger partial charge in [-0.15, -0.1) is 0 Å². The second-order valence-corrected chi connectivity index (χ2v) is 9.82. The lowest BCUT2D eigenvalue weighted by Crippen LogP contribution is -2.48. The maximum atomic E-state index is 13.9. The molecule has 1 aliphatic heterocycles. The number of nitrogens with one attached hydrogen (secondary N) is 1. The molecule has 1 unspecified atom stereocenters. The first-order valence-corrected chi connectivity index (χ1v) is 13.2. The second kappa shape index (κ2) is 12.2. The number of piperazine rings is 1. The number of benzene rings is 3. The number of amides is 1. The van der Waals surface area contributed by atoms with Crippen LogP contribution < -0.4 is 10.2 Å². The highest BCUT2D eigenvalue weighted by Crippen LogP contribution is 2.33. The summed E-state index contributed by atoms with van der Waals surface area (Å²) in [5.41, 5.74) is 4.77. The molecule has 0 bridgehead atoms. The van der Waals surface area contributed by atoms with E-state index < -0.39 is 0 Å². The van der Waals surface area contributed by atoms with Crippen LogP contribution in [0.15, 0.2) is 60.7 Å². The summed E-state index contributed by atoms with van der Waals surface area (Å²) < 4.78 is 27.6. The molecule has 1 atom stereocenters. The van der Waals surface area contributed by atoms with Gasteiger partial charge in [-0.25, -0.2) is 8.78 Å². The predicted octanol–water partition coefficient (Wildman–Crippen LogP) is 6.43. The van der Waals surface area contributed by atoms with E-state index in [9.17, 15) is 18.8 Å². The van der Waals surface area contributed by atoms with Gasteiger partial charge >= 0.3 is 0 Å². The van der Waals surface area contributed by atoms with E-state index in [1.165, 1.54) is 24.3 Å². The summed E-state index contributed by atoms with van der Waals surface area (Å²) in [6.07, 6.45) is 1.54. The van der Waals surface area contributed by atoms with Crippen molar-refractivity contribution in [3.63, 3.8) is 0 Å². The first-order valence-electron chi connectivity index (χ1n) is 13.2. The second-order valence-electron chi connectivity index (χ2n) is 9.82. The maximum Gasteiger partial charge on any atom is 0.227 e. The molecule has 0 spiro atoms. The molecule has 4 rings (SSSR count). The molecule has 5 nitrogen and oxygen atoms in total. The van der Waals surface area contributed by atoms with Gasteiger partial charge in [-0.05, 0) is 78.9 Å². The minimum absolute atomic E-state index is 0.0248. The molecule has 38 heavy (non-hydrogen) atoms. The van der Waals surface area contributed by atoms with Gasteiger partial charge in [0.2, 0.25) is 5.91 Å². The number of nitrogens with zero attached hydrogens (tertiary/aromatic N) is 3. The van der Waals surface area contributed by atoms with E-state index in [1.54, 1.807) is 18.2 Å². The largest absolute Gasteiger partial charge is 0.368 e. The lowest BCUT2D eigenvalue weighted by Gasteiger charge is -2.41. The van der Waals surface area contributed by atoms with Crippen LogP contribution >= 0.6 is 0 Å². The normalized spacial score (nSPS) is 14.8. The first-order chi connectivity index (χ1) is 18.3. The topological polar surface area (TPSA) is 59.4 Å². The van der Waals surface area contributed by atoms with Gasteiger partial charge in [-0.3, -0.25) is 9.69 Å². The minimum Gasteiger partial charge on any atom is -0.368 e. The third-order valence-electron chi connectivity index (χ3n) is 7.47. The molecule has 1 saturated heterocycles. The first kappa shape index (κ1) is 27.3. The van der Waals surface area contributed by atoms with Crippen LogP contribution in [0.3, 0.4) is 0 Å². The van der Waals surface area contributed by atoms with Gasteiger partial charge in [-0.2, -0.15) is 5.26 Å². The van der Waals surface area contributed by atoms with E-state index in [2.05, 4.69) is 21.2 Å². The molecule has 7 heteroatoms. The van der Waals surface area contributed by atoms with Crippen molar-refractivity contribution in [3.8, 4) is 6.07 Å². The monoisotopic (exact) mass is 516 g/mol. The summed E-state index contributed by atoms with van der Waals surface area (Å²) in [5, 5.41) is 12.8. The van der Waals surface area contributed by atoms with Gasteiger partial charge in [0.25, 0.3) is 0 Å². The fourth-order valence-corrected chi connectivity index (χ4v) is 5.28. The molecule has 1 aliphatic rings.